The molecule has 34 heavy (non-hydrogen) atoms. The molecule has 8 nitrogen and oxygen atoms in total. The summed E-state index contributed by atoms with van der Waals surface area (Å²) in [5.74, 6) is 1.84. The zero-order valence-corrected chi connectivity index (χ0v) is 20.3. The SMILES string of the molecule is COc1ccc(OC)c(NC(=O)Cc2c(C)c3c(OC)cc4c(c3oc2=O)CCC(C)(C)O4)c1. The first-order valence-electron chi connectivity index (χ1n) is 11.0. The van der Waals surface area contributed by atoms with Crippen molar-refractivity contribution >= 4 is 22.6 Å². The van der Waals surface area contributed by atoms with Crippen LogP contribution in [0.5, 0.6) is 23.0 Å². The molecule has 1 amide bonds. The van der Waals surface area contributed by atoms with Crippen molar-refractivity contribution in [2.45, 2.75) is 45.6 Å². The standard InChI is InChI=1S/C26H29NO7/c1-14-17(12-22(28)27-18-11-15(30-4)7-8-19(18)31-5)25(29)33-24-16-9-10-26(2,3)34-20(16)13-21(32-6)23(14)24/h7-8,11,13H,9-10,12H2,1-6H3,(H,27,28). The Morgan fingerprint density at radius 3 is 2.50 bits per heavy atom. The van der Waals surface area contributed by atoms with Crippen LogP contribution in [0.15, 0.2) is 33.5 Å². The lowest BCUT2D eigenvalue weighted by atomic mass is 9.91. The van der Waals surface area contributed by atoms with E-state index in [1.54, 1.807) is 32.2 Å². The average Bonchev–Trinajstić information content (AvgIpc) is 2.80. The van der Waals surface area contributed by atoms with Gasteiger partial charge in [-0.05, 0) is 51.3 Å². The van der Waals surface area contributed by atoms with Crippen molar-refractivity contribution in [3.05, 3.63) is 51.4 Å². The summed E-state index contributed by atoms with van der Waals surface area (Å²) < 4.78 is 28.1. The van der Waals surface area contributed by atoms with Crippen molar-refractivity contribution in [1.82, 2.24) is 0 Å². The van der Waals surface area contributed by atoms with Gasteiger partial charge >= 0.3 is 5.63 Å². The number of anilines is 1. The van der Waals surface area contributed by atoms with Gasteiger partial charge in [0.25, 0.3) is 0 Å². The number of carbonyl (C=O) groups excluding carboxylic acids is 1. The summed E-state index contributed by atoms with van der Waals surface area (Å²) in [6.07, 6.45) is 1.33. The monoisotopic (exact) mass is 467 g/mol. The first-order chi connectivity index (χ1) is 16.2. The van der Waals surface area contributed by atoms with E-state index in [0.29, 0.717) is 51.6 Å². The minimum atomic E-state index is -0.557. The van der Waals surface area contributed by atoms with Gasteiger partial charge in [0.1, 0.15) is 34.2 Å². The molecule has 3 aromatic rings. The van der Waals surface area contributed by atoms with Gasteiger partial charge in [-0.1, -0.05) is 0 Å². The fourth-order valence-electron chi connectivity index (χ4n) is 4.31. The van der Waals surface area contributed by atoms with Crippen LogP contribution in [0.25, 0.3) is 11.0 Å². The van der Waals surface area contributed by atoms with Gasteiger partial charge in [-0.15, -0.1) is 0 Å². The second kappa shape index (κ2) is 8.93. The molecular weight excluding hydrogens is 438 g/mol. The molecule has 4 rings (SSSR count). The lowest BCUT2D eigenvalue weighted by Crippen LogP contribution is -2.32. The second-order valence-electron chi connectivity index (χ2n) is 8.91. The number of hydrogen-bond donors (Lipinski definition) is 1. The summed E-state index contributed by atoms with van der Waals surface area (Å²) in [7, 11) is 4.60. The lowest BCUT2D eigenvalue weighted by molar-refractivity contribution is -0.115. The summed E-state index contributed by atoms with van der Waals surface area (Å²) in [5, 5.41) is 3.47. The van der Waals surface area contributed by atoms with E-state index in [1.165, 1.54) is 14.2 Å². The number of methoxy groups -OCH3 is 3. The Balaban J connectivity index is 1.73. The molecular formula is C26H29NO7. The molecule has 2 aromatic carbocycles. The van der Waals surface area contributed by atoms with E-state index < -0.39 is 5.63 Å². The number of nitrogens with one attached hydrogen (secondary N) is 1. The van der Waals surface area contributed by atoms with Crippen LogP contribution in [0.1, 0.15) is 37.0 Å². The fraction of sp³-hybridized carbons (Fsp3) is 0.385. The zero-order chi connectivity index (χ0) is 24.6. The third-order valence-electron chi connectivity index (χ3n) is 6.18. The highest BCUT2D eigenvalue weighted by Crippen LogP contribution is 2.43. The Hall–Kier alpha value is -3.68. The molecule has 0 radical (unpaired) electrons. The summed E-state index contributed by atoms with van der Waals surface area (Å²) in [6.45, 7) is 5.84. The minimum absolute atomic E-state index is 0.172. The quantitative estimate of drug-likeness (QED) is 0.537. The molecule has 1 N–H and O–H groups in total. The molecule has 1 aliphatic heterocycles. The van der Waals surface area contributed by atoms with Crippen molar-refractivity contribution < 1.29 is 28.2 Å². The smallest absolute Gasteiger partial charge is 0.340 e. The number of hydrogen-bond acceptors (Lipinski definition) is 7. The summed E-state index contributed by atoms with van der Waals surface area (Å²) in [6, 6.07) is 6.91. The number of benzene rings is 2. The van der Waals surface area contributed by atoms with Crippen LogP contribution in [-0.4, -0.2) is 32.8 Å². The van der Waals surface area contributed by atoms with E-state index in [9.17, 15) is 9.59 Å². The molecule has 180 valence electrons. The van der Waals surface area contributed by atoms with Crippen molar-refractivity contribution in [3.8, 4) is 23.0 Å². The van der Waals surface area contributed by atoms with E-state index >= 15 is 0 Å². The molecule has 0 saturated carbocycles. The second-order valence-corrected chi connectivity index (χ2v) is 8.91. The third kappa shape index (κ3) is 4.27. The average molecular weight is 468 g/mol. The van der Waals surface area contributed by atoms with E-state index in [2.05, 4.69) is 5.32 Å². The molecule has 2 heterocycles. The van der Waals surface area contributed by atoms with Gasteiger partial charge in [-0.2, -0.15) is 0 Å². The van der Waals surface area contributed by atoms with Gasteiger partial charge in [0, 0.05) is 17.7 Å². The number of fused-ring (bicyclic) bond motifs is 3. The van der Waals surface area contributed by atoms with E-state index in [1.807, 2.05) is 19.9 Å². The van der Waals surface area contributed by atoms with Gasteiger partial charge in [0.15, 0.2) is 0 Å². The Morgan fingerprint density at radius 2 is 1.82 bits per heavy atom. The van der Waals surface area contributed by atoms with E-state index in [-0.39, 0.29) is 23.5 Å². The van der Waals surface area contributed by atoms with Crippen LogP contribution >= 0.6 is 0 Å². The molecule has 0 fully saturated rings. The highest BCUT2D eigenvalue weighted by atomic mass is 16.5. The molecule has 0 spiro atoms. The minimum Gasteiger partial charge on any atom is -0.497 e. The van der Waals surface area contributed by atoms with Crippen LogP contribution in [-0.2, 0) is 17.6 Å². The third-order valence-corrected chi connectivity index (χ3v) is 6.18. The maximum Gasteiger partial charge on any atom is 0.340 e. The fourth-order valence-corrected chi connectivity index (χ4v) is 4.31. The molecule has 8 heteroatoms. The van der Waals surface area contributed by atoms with Crippen LogP contribution in [0.4, 0.5) is 5.69 Å². The molecule has 1 aliphatic rings. The first kappa shape index (κ1) is 23.5. The van der Waals surface area contributed by atoms with E-state index in [4.69, 9.17) is 23.4 Å². The largest absolute Gasteiger partial charge is 0.497 e. The van der Waals surface area contributed by atoms with Gasteiger partial charge in [-0.25, -0.2) is 4.79 Å². The Bertz CT molecular complexity index is 1320. The maximum absolute atomic E-state index is 13.0. The predicted octanol–water partition coefficient (Wildman–Crippen LogP) is 4.41. The molecule has 0 saturated heterocycles. The highest BCUT2D eigenvalue weighted by Gasteiger charge is 2.31. The first-order valence-corrected chi connectivity index (χ1v) is 11.0. The lowest BCUT2D eigenvalue weighted by Gasteiger charge is -2.33. The van der Waals surface area contributed by atoms with Gasteiger partial charge < -0.3 is 28.7 Å². The van der Waals surface area contributed by atoms with Gasteiger partial charge in [0.2, 0.25) is 5.91 Å². The van der Waals surface area contributed by atoms with Crippen molar-refractivity contribution in [2.75, 3.05) is 26.6 Å². The Kier molecular flexibility index (Phi) is 6.17. The normalized spacial score (nSPS) is 14.2. The molecule has 0 atom stereocenters. The molecule has 0 unspecified atom stereocenters. The number of ether oxygens (including phenoxy) is 4. The topological polar surface area (TPSA) is 96.2 Å². The Labute approximate surface area is 197 Å². The summed E-state index contributed by atoms with van der Waals surface area (Å²) >= 11 is 0. The molecule has 0 bridgehead atoms. The highest BCUT2D eigenvalue weighted by molar-refractivity contribution is 5.96. The summed E-state index contributed by atoms with van der Waals surface area (Å²) in [5.41, 5.74) is 1.77. The zero-order valence-electron chi connectivity index (χ0n) is 20.3. The van der Waals surface area contributed by atoms with E-state index in [0.717, 1.165) is 12.0 Å². The molecule has 0 aliphatic carbocycles. The number of aryl methyl sites for hydroxylation is 2. The predicted molar refractivity (Wildman–Crippen MR) is 129 cm³/mol. The van der Waals surface area contributed by atoms with Gasteiger partial charge in [-0.3, -0.25) is 4.79 Å². The Morgan fingerprint density at radius 1 is 1.09 bits per heavy atom. The summed E-state index contributed by atoms with van der Waals surface area (Å²) in [4.78, 5) is 25.9. The molecule has 1 aromatic heterocycles. The van der Waals surface area contributed by atoms with Gasteiger partial charge in [0.05, 0.1) is 44.4 Å². The number of rotatable bonds is 6. The van der Waals surface area contributed by atoms with Crippen molar-refractivity contribution in [2.24, 2.45) is 0 Å². The van der Waals surface area contributed by atoms with Crippen LogP contribution in [0, 0.1) is 6.92 Å². The van der Waals surface area contributed by atoms with Crippen LogP contribution < -0.4 is 29.9 Å². The van der Waals surface area contributed by atoms with Crippen LogP contribution in [0.2, 0.25) is 0 Å². The van der Waals surface area contributed by atoms with Crippen LogP contribution in [0.3, 0.4) is 0 Å². The van der Waals surface area contributed by atoms with Crippen molar-refractivity contribution in [3.63, 3.8) is 0 Å². The van der Waals surface area contributed by atoms with Crippen molar-refractivity contribution in [1.29, 1.82) is 0 Å². The number of amides is 1. The maximum atomic E-state index is 13.0. The number of carbonyl (C=O) groups is 1.